The second-order valence-corrected chi connectivity index (χ2v) is 8.80. The number of rotatable bonds is 3. The first-order valence-corrected chi connectivity index (χ1v) is 10.7. The molecule has 1 unspecified atom stereocenters. The van der Waals surface area contributed by atoms with E-state index >= 15 is 0 Å². The van der Waals surface area contributed by atoms with Gasteiger partial charge in [0.1, 0.15) is 15.7 Å². The Morgan fingerprint density at radius 3 is 2.48 bits per heavy atom. The number of carbonyl (C=O) groups is 1. The van der Waals surface area contributed by atoms with Gasteiger partial charge in [-0.05, 0) is 31.2 Å². The molecule has 0 bridgehead atoms. The summed E-state index contributed by atoms with van der Waals surface area (Å²) in [5.41, 5.74) is 1.37. The molecule has 1 aromatic rings. The van der Waals surface area contributed by atoms with Crippen molar-refractivity contribution in [3.63, 3.8) is 0 Å². The predicted octanol–water partition coefficient (Wildman–Crippen LogP) is 0.164. The summed E-state index contributed by atoms with van der Waals surface area (Å²) < 4.78 is 52.4. The Morgan fingerprint density at radius 2 is 2.00 bits per heavy atom. The average Bonchev–Trinajstić information content (AvgIpc) is 3.05. The molecule has 2 N–H and O–H groups in total. The van der Waals surface area contributed by atoms with E-state index in [2.05, 4.69) is 4.99 Å². The van der Waals surface area contributed by atoms with Crippen molar-refractivity contribution in [1.29, 1.82) is 0 Å². The zero-order chi connectivity index (χ0) is 23.0. The number of aliphatic imine (C=N–C) groups is 1. The number of hydrogen-bond donors (Lipinski definition) is 2. The predicted molar refractivity (Wildman–Crippen MR) is 117 cm³/mol. The van der Waals surface area contributed by atoms with Crippen LogP contribution in [-0.2, 0) is 20.4 Å². The summed E-state index contributed by atoms with van der Waals surface area (Å²) in [7, 11) is 2.70. The van der Waals surface area contributed by atoms with Gasteiger partial charge in [-0.3, -0.25) is 15.5 Å². The van der Waals surface area contributed by atoms with Crippen LogP contribution in [0.4, 0.5) is 18.9 Å². The zero-order valence-corrected chi connectivity index (χ0v) is 18.6. The maximum absolute atomic E-state index is 13.6. The number of thioether (sulfide) groups is 1. The Labute approximate surface area is 184 Å². The highest BCUT2D eigenvalue weighted by atomic mass is 32.2. The molecule has 168 valence electrons. The van der Waals surface area contributed by atoms with Gasteiger partial charge in [0.25, 0.3) is 0 Å². The number of nitrogens with zero attached hydrogens (tertiary/aromatic N) is 2. The van der Waals surface area contributed by atoms with Crippen LogP contribution < -0.4 is 16.4 Å². The fraction of sp³-hybridized carbons (Fsp3) is 0.556. The molecule has 2 saturated heterocycles. The third kappa shape index (κ3) is 4.74. The molecule has 2 fully saturated rings. The average molecular weight is 457 g/mol. The summed E-state index contributed by atoms with van der Waals surface area (Å²) in [4.78, 5) is 17.4. The Kier molecular flexibility index (Phi) is 6.99. The minimum absolute atomic E-state index is 0.0166. The summed E-state index contributed by atoms with van der Waals surface area (Å²) in [6.45, 7) is 5.03. The number of anilines is 1. The molecule has 0 radical (unpaired) electrons. The number of nitrogens with one attached hydrogen (secondary N) is 1. The smallest absolute Gasteiger partial charge is 0.350 e. The minimum atomic E-state index is -4.56. The number of alkyl halides is 3. The highest BCUT2D eigenvalue weighted by molar-refractivity contribution is 8.14. The Bertz CT molecular complexity index is 893. The number of amides is 1. The van der Waals surface area contributed by atoms with Crippen molar-refractivity contribution in [1.82, 2.24) is 4.90 Å². The van der Waals surface area contributed by atoms with Crippen LogP contribution in [0.25, 0.3) is 0 Å². The lowest BCUT2D eigenvalue weighted by molar-refractivity contribution is -0.188. The van der Waals surface area contributed by atoms with Gasteiger partial charge in [0.05, 0.1) is 18.4 Å². The lowest BCUT2D eigenvalue weighted by Gasteiger charge is -2.39. The molecule has 2 aliphatic rings. The SMILES string of the molecule is Bc1c(C)c(S/C(=N\C=O)N2CCC3(CC2)OCC(C)O3)c(NO)c(B)c1C(F)(F)F. The summed E-state index contributed by atoms with van der Waals surface area (Å²) >= 11 is 1.05. The number of likely N-dealkylation sites (tertiary alicyclic amines) is 1. The summed E-state index contributed by atoms with van der Waals surface area (Å²) in [6.07, 6.45) is -2.99. The van der Waals surface area contributed by atoms with Crippen LogP contribution in [0.3, 0.4) is 0 Å². The van der Waals surface area contributed by atoms with Gasteiger partial charge in [0.2, 0.25) is 6.41 Å². The fourth-order valence-corrected chi connectivity index (χ4v) is 5.32. The molecular formula is C18H24B2F3N3O4S. The first-order valence-electron chi connectivity index (χ1n) is 9.90. The molecule has 1 spiro atoms. The lowest BCUT2D eigenvalue weighted by atomic mass is 9.77. The van der Waals surface area contributed by atoms with Crippen molar-refractivity contribution < 1.29 is 32.6 Å². The van der Waals surface area contributed by atoms with Crippen LogP contribution in [0.5, 0.6) is 0 Å². The zero-order valence-electron chi connectivity index (χ0n) is 17.8. The van der Waals surface area contributed by atoms with Crippen LogP contribution in [-0.4, -0.2) is 69.0 Å². The monoisotopic (exact) mass is 457 g/mol. The van der Waals surface area contributed by atoms with Gasteiger partial charge in [0.15, 0.2) is 11.0 Å². The number of ether oxygens (including phenoxy) is 2. The largest absolute Gasteiger partial charge is 0.415 e. The summed E-state index contributed by atoms with van der Waals surface area (Å²) in [5.74, 6) is -0.637. The van der Waals surface area contributed by atoms with Gasteiger partial charge in [-0.15, -0.1) is 0 Å². The number of halogens is 3. The van der Waals surface area contributed by atoms with Gasteiger partial charge < -0.3 is 14.4 Å². The van der Waals surface area contributed by atoms with E-state index in [4.69, 9.17) is 9.47 Å². The van der Waals surface area contributed by atoms with Crippen LogP contribution in [0, 0.1) is 6.92 Å². The number of hydrogen-bond acceptors (Lipinski definition) is 6. The number of benzene rings is 1. The van der Waals surface area contributed by atoms with Crippen molar-refractivity contribution in [2.75, 3.05) is 25.2 Å². The fourth-order valence-electron chi connectivity index (χ4n) is 4.12. The Hall–Kier alpha value is -1.69. The molecule has 0 saturated carbocycles. The topological polar surface area (TPSA) is 83.4 Å². The van der Waals surface area contributed by atoms with Crippen molar-refractivity contribution in [3.05, 3.63) is 11.1 Å². The maximum atomic E-state index is 13.6. The number of amidine groups is 1. The number of piperidine rings is 1. The molecule has 13 heteroatoms. The highest BCUT2D eigenvalue weighted by Gasteiger charge is 2.43. The molecular weight excluding hydrogens is 433 g/mol. The quantitative estimate of drug-likeness (QED) is 0.167. The van der Waals surface area contributed by atoms with Gasteiger partial charge in [0, 0.05) is 36.4 Å². The first kappa shape index (κ1) is 24.0. The molecule has 1 amide bonds. The van der Waals surface area contributed by atoms with Crippen molar-refractivity contribution in [3.8, 4) is 0 Å². The van der Waals surface area contributed by atoms with Crippen molar-refractivity contribution in [2.45, 2.75) is 49.7 Å². The molecule has 2 heterocycles. The van der Waals surface area contributed by atoms with Crippen LogP contribution in [0.15, 0.2) is 9.89 Å². The van der Waals surface area contributed by atoms with Crippen LogP contribution in [0.1, 0.15) is 30.9 Å². The molecule has 7 nitrogen and oxygen atoms in total. The van der Waals surface area contributed by atoms with E-state index in [0.717, 1.165) is 11.8 Å². The molecule has 0 aromatic heterocycles. The van der Waals surface area contributed by atoms with Gasteiger partial charge in [-0.25, -0.2) is 0 Å². The molecule has 1 aromatic carbocycles. The van der Waals surface area contributed by atoms with Gasteiger partial charge >= 0.3 is 6.18 Å². The number of carbonyl (C=O) groups excluding carboxylic acids is 1. The second-order valence-electron chi connectivity index (χ2n) is 7.82. The first-order chi connectivity index (χ1) is 14.5. The third-order valence-electron chi connectivity index (χ3n) is 5.80. The normalized spacial score (nSPS) is 21.5. The Balaban J connectivity index is 1.91. The summed E-state index contributed by atoms with van der Waals surface area (Å²) in [6, 6.07) is 0. The van der Waals surface area contributed by atoms with E-state index in [1.165, 1.54) is 15.7 Å². The molecule has 3 rings (SSSR count). The van der Waals surface area contributed by atoms with Crippen molar-refractivity contribution in [2.24, 2.45) is 4.99 Å². The van der Waals surface area contributed by atoms with Crippen LogP contribution >= 0.6 is 11.8 Å². The molecule has 2 aliphatic heterocycles. The van der Waals surface area contributed by atoms with E-state index in [0.29, 0.717) is 54.6 Å². The van der Waals surface area contributed by atoms with Crippen LogP contribution in [0.2, 0.25) is 0 Å². The maximum Gasteiger partial charge on any atom is 0.415 e. The van der Waals surface area contributed by atoms with Gasteiger partial charge in [-0.1, -0.05) is 10.9 Å². The van der Waals surface area contributed by atoms with E-state index in [1.54, 1.807) is 6.92 Å². The van der Waals surface area contributed by atoms with E-state index in [9.17, 15) is 23.2 Å². The standard InChI is InChI=1S/C18H24B2F3N3O4S/c1-9-7-29-17(30-9)3-5-26(6-4-17)16(24-8-27)31-15-10(2)12(19)11(18(21,22)23)13(20)14(15)25-28/h8-9,25,28H,3-7,19-20H2,1-2H3/b24-16-. The Morgan fingerprint density at radius 1 is 1.35 bits per heavy atom. The lowest BCUT2D eigenvalue weighted by Crippen LogP contribution is -2.47. The third-order valence-corrected chi connectivity index (χ3v) is 7.06. The molecule has 31 heavy (non-hydrogen) atoms. The van der Waals surface area contributed by atoms with Gasteiger partial charge in [-0.2, -0.15) is 18.2 Å². The molecule has 1 atom stereocenters. The highest BCUT2D eigenvalue weighted by Crippen LogP contribution is 2.38. The molecule has 0 aliphatic carbocycles. The summed E-state index contributed by atoms with van der Waals surface area (Å²) in [5, 5.41) is 9.98. The van der Waals surface area contributed by atoms with E-state index in [-0.39, 0.29) is 22.7 Å². The second kappa shape index (κ2) is 9.05. The van der Waals surface area contributed by atoms with Crippen molar-refractivity contribution >= 4 is 55.6 Å². The minimum Gasteiger partial charge on any atom is -0.350 e. The van der Waals surface area contributed by atoms with E-state index < -0.39 is 17.5 Å². The van der Waals surface area contributed by atoms with E-state index in [1.807, 2.05) is 17.3 Å².